The van der Waals surface area contributed by atoms with Crippen LogP contribution in [0.2, 0.25) is 0 Å². The molecule has 0 bridgehead atoms. The van der Waals surface area contributed by atoms with E-state index in [1.54, 1.807) is 11.7 Å². The highest BCUT2D eigenvalue weighted by molar-refractivity contribution is 5.83. The molecular formula is C14H17N4O2+. The minimum absolute atomic E-state index is 0.327. The maximum absolute atomic E-state index is 11.4. The molecule has 2 heterocycles. The molecule has 1 aromatic carbocycles. The van der Waals surface area contributed by atoms with Crippen molar-refractivity contribution < 1.29 is 9.20 Å². The van der Waals surface area contributed by atoms with Gasteiger partial charge in [0.25, 0.3) is 0 Å². The van der Waals surface area contributed by atoms with Gasteiger partial charge in [-0.25, -0.2) is 4.79 Å². The molecule has 6 nitrogen and oxygen atoms in total. The predicted octanol–water partition coefficient (Wildman–Crippen LogP) is 0.606. The lowest BCUT2D eigenvalue weighted by atomic mass is 10.1. The van der Waals surface area contributed by atoms with Gasteiger partial charge >= 0.3 is 11.3 Å². The summed E-state index contributed by atoms with van der Waals surface area (Å²) >= 11 is 0. The molecule has 0 spiro atoms. The lowest BCUT2D eigenvalue weighted by molar-refractivity contribution is -0.746. The highest BCUT2D eigenvalue weighted by atomic mass is 16.5. The number of H-pyrrole nitrogens is 2. The largest absolute Gasteiger partial charge is 0.431 e. The van der Waals surface area contributed by atoms with E-state index in [9.17, 15) is 4.79 Å². The Kier molecular flexibility index (Phi) is 3.39. The first kappa shape index (κ1) is 12.7. The number of nitrogens with zero attached hydrogens (tertiary/aromatic N) is 1. The minimum Gasteiger partial charge on any atom is -0.361 e. The number of hydrogen-bond donors (Lipinski definition) is 3. The summed E-state index contributed by atoms with van der Waals surface area (Å²) in [6.07, 6.45) is 2.94. The van der Waals surface area contributed by atoms with Crippen molar-refractivity contribution in [1.29, 1.82) is 0 Å². The number of para-hydroxylation sites is 1. The van der Waals surface area contributed by atoms with Gasteiger partial charge in [0.05, 0.1) is 6.54 Å². The van der Waals surface area contributed by atoms with Crippen LogP contribution in [-0.2, 0) is 20.0 Å². The van der Waals surface area contributed by atoms with Gasteiger partial charge in [0.1, 0.15) is 0 Å². The molecule has 0 unspecified atom stereocenters. The van der Waals surface area contributed by atoms with Crippen LogP contribution in [-0.4, -0.2) is 16.8 Å². The van der Waals surface area contributed by atoms with Crippen LogP contribution in [0.1, 0.15) is 11.3 Å². The van der Waals surface area contributed by atoms with Crippen LogP contribution in [0.4, 0.5) is 0 Å². The fourth-order valence-electron chi connectivity index (χ4n) is 2.32. The van der Waals surface area contributed by atoms with Gasteiger partial charge in [-0.2, -0.15) is 0 Å². The van der Waals surface area contributed by atoms with E-state index in [0.717, 1.165) is 18.5 Å². The number of benzene rings is 1. The lowest BCUT2D eigenvalue weighted by Crippen LogP contribution is -2.39. The second-order valence-electron chi connectivity index (χ2n) is 4.77. The molecule has 0 saturated heterocycles. The summed E-state index contributed by atoms with van der Waals surface area (Å²) in [6.45, 7) is 1.29. The van der Waals surface area contributed by atoms with Gasteiger partial charge < -0.3 is 10.3 Å². The number of hydrogen-bond acceptors (Lipinski definition) is 3. The molecule has 104 valence electrons. The normalized spacial score (nSPS) is 11.2. The Morgan fingerprint density at radius 1 is 1.35 bits per heavy atom. The van der Waals surface area contributed by atoms with Gasteiger partial charge in [-0.15, -0.1) is 0 Å². The Balaban J connectivity index is 1.59. The predicted molar refractivity (Wildman–Crippen MR) is 74.2 cm³/mol. The fraction of sp³-hybridized carbons (Fsp3) is 0.286. The van der Waals surface area contributed by atoms with E-state index in [1.807, 2.05) is 18.3 Å². The van der Waals surface area contributed by atoms with Crippen LogP contribution in [0.15, 0.2) is 39.8 Å². The summed E-state index contributed by atoms with van der Waals surface area (Å²) in [7, 11) is 1.75. The van der Waals surface area contributed by atoms with Crippen molar-refractivity contribution in [3.05, 3.63) is 52.1 Å². The smallest absolute Gasteiger partial charge is 0.361 e. The topological polar surface area (TPSA) is 77.7 Å². The standard InChI is InChI=1S/C14H16N4O2/c1-18-13(14(19)20-17-18)9-15-7-6-10-8-16-12-5-3-2-4-11(10)12/h2-5,8,15-16H,6-7,9H2,1H3/p+1. The molecule has 0 amide bonds. The Hall–Kier alpha value is -2.34. The molecule has 0 radical (unpaired) electrons. The molecule has 3 aromatic rings. The fourth-order valence-corrected chi connectivity index (χ4v) is 2.32. The van der Waals surface area contributed by atoms with Crippen molar-refractivity contribution in [1.82, 2.24) is 15.6 Å². The lowest BCUT2D eigenvalue weighted by Gasteiger charge is -2.00. The molecule has 0 aliphatic rings. The summed E-state index contributed by atoms with van der Waals surface area (Å²) in [5, 5.41) is 7.01. The molecule has 6 heteroatoms. The Morgan fingerprint density at radius 3 is 3.00 bits per heavy atom. The maximum Gasteiger partial charge on any atom is 0.431 e. The van der Waals surface area contributed by atoms with Gasteiger partial charge in [-0.3, -0.25) is 4.52 Å². The van der Waals surface area contributed by atoms with Crippen molar-refractivity contribution in [3.8, 4) is 0 Å². The van der Waals surface area contributed by atoms with Crippen molar-refractivity contribution in [2.24, 2.45) is 7.05 Å². The van der Waals surface area contributed by atoms with Crippen molar-refractivity contribution in [2.45, 2.75) is 13.0 Å². The third-order valence-corrected chi connectivity index (χ3v) is 3.45. The molecule has 3 N–H and O–H groups in total. The summed E-state index contributed by atoms with van der Waals surface area (Å²) in [6, 6.07) is 8.24. The Bertz CT molecular complexity index is 769. The summed E-state index contributed by atoms with van der Waals surface area (Å²) in [5.41, 5.74) is 2.69. The molecular weight excluding hydrogens is 256 g/mol. The summed E-state index contributed by atoms with van der Waals surface area (Å²) < 4.78 is 6.28. The highest BCUT2D eigenvalue weighted by Gasteiger charge is 2.15. The first-order valence-corrected chi connectivity index (χ1v) is 6.58. The van der Waals surface area contributed by atoms with Crippen molar-refractivity contribution in [2.75, 3.05) is 6.54 Å². The average Bonchev–Trinajstić information content (AvgIpc) is 3.01. The van der Waals surface area contributed by atoms with Gasteiger partial charge in [-0.05, 0) is 29.9 Å². The van der Waals surface area contributed by atoms with Crippen molar-refractivity contribution in [3.63, 3.8) is 0 Å². The SMILES string of the molecule is C[n+]1[nH]oc(=O)c1CNCCc1c[nH]c2ccccc12. The molecule has 0 aliphatic carbocycles. The van der Waals surface area contributed by atoms with Gasteiger partial charge in [0.15, 0.2) is 7.05 Å². The number of aromatic amines is 2. The summed E-state index contributed by atoms with van der Waals surface area (Å²) in [5.74, 6) is 0. The Labute approximate surface area is 115 Å². The maximum atomic E-state index is 11.4. The third kappa shape index (κ3) is 2.37. The first-order valence-electron chi connectivity index (χ1n) is 6.58. The second kappa shape index (κ2) is 5.34. The summed E-state index contributed by atoms with van der Waals surface area (Å²) in [4.78, 5) is 14.6. The van der Waals surface area contributed by atoms with E-state index < -0.39 is 0 Å². The van der Waals surface area contributed by atoms with E-state index in [1.165, 1.54) is 10.9 Å². The monoisotopic (exact) mass is 273 g/mol. The van der Waals surface area contributed by atoms with E-state index in [2.05, 4.69) is 27.7 Å². The molecule has 0 aliphatic heterocycles. The van der Waals surface area contributed by atoms with Crippen LogP contribution in [0.3, 0.4) is 0 Å². The minimum atomic E-state index is -0.327. The van der Waals surface area contributed by atoms with E-state index in [-0.39, 0.29) is 5.63 Å². The number of aryl methyl sites for hydroxylation is 1. The van der Waals surface area contributed by atoms with Crippen LogP contribution < -0.4 is 15.6 Å². The quantitative estimate of drug-likeness (QED) is 0.471. The van der Waals surface area contributed by atoms with Gasteiger partial charge in [0.2, 0.25) is 0 Å². The molecule has 3 rings (SSSR count). The van der Waals surface area contributed by atoms with Gasteiger partial charge in [-0.1, -0.05) is 22.9 Å². The van der Waals surface area contributed by atoms with Crippen LogP contribution in [0, 0.1) is 0 Å². The first-order chi connectivity index (χ1) is 9.75. The second-order valence-corrected chi connectivity index (χ2v) is 4.77. The number of aromatic nitrogens is 3. The molecule has 20 heavy (non-hydrogen) atoms. The van der Waals surface area contributed by atoms with E-state index in [0.29, 0.717) is 12.2 Å². The average molecular weight is 273 g/mol. The zero-order valence-corrected chi connectivity index (χ0v) is 11.3. The highest BCUT2D eigenvalue weighted by Crippen LogP contribution is 2.17. The zero-order chi connectivity index (χ0) is 13.9. The van der Waals surface area contributed by atoms with Crippen LogP contribution in [0.25, 0.3) is 10.9 Å². The van der Waals surface area contributed by atoms with E-state index >= 15 is 0 Å². The van der Waals surface area contributed by atoms with Gasteiger partial charge in [0, 0.05) is 17.1 Å². The van der Waals surface area contributed by atoms with Crippen molar-refractivity contribution >= 4 is 10.9 Å². The molecule has 0 saturated carbocycles. The third-order valence-electron chi connectivity index (χ3n) is 3.45. The van der Waals surface area contributed by atoms with Crippen LogP contribution in [0.5, 0.6) is 0 Å². The molecule has 0 fully saturated rings. The number of fused-ring (bicyclic) bond motifs is 1. The zero-order valence-electron chi connectivity index (χ0n) is 11.3. The number of rotatable bonds is 5. The van der Waals surface area contributed by atoms with E-state index in [4.69, 9.17) is 4.52 Å². The number of nitrogens with one attached hydrogen (secondary N) is 3. The molecule has 0 atom stereocenters. The Morgan fingerprint density at radius 2 is 2.20 bits per heavy atom. The van der Waals surface area contributed by atoms with Crippen LogP contribution >= 0.6 is 0 Å². The molecule has 2 aromatic heterocycles.